The summed E-state index contributed by atoms with van der Waals surface area (Å²) >= 11 is 0. The van der Waals surface area contributed by atoms with Crippen LogP contribution in [0.25, 0.3) is 0 Å². The summed E-state index contributed by atoms with van der Waals surface area (Å²) in [7, 11) is -14.0. The van der Waals surface area contributed by atoms with E-state index in [1.54, 1.807) is 9.12 Å². The molecule has 0 amide bonds. The fraction of sp³-hybridized carbons (Fsp3) is 1.00. The number of hydrogen-bond donors (Lipinski definition) is 7. The van der Waals surface area contributed by atoms with Gasteiger partial charge in [0.05, 0.1) is 13.1 Å². The molecule has 6 aliphatic rings. The molecule has 487 valence electrons. The summed E-state index contributed by atoms with van der Waals surface area (Å²) in [5.41, 5.74) is 27.2. The van der Waals surface area contributed by atoms with Crippen LogP contribution in [0, 0.1) is 0 Å². The number of hydrogen-bond acceptors (Lipinski definition) is 18. The van der Waals surface area contributed by atoms with Crippen LogP contribution in [0.1, 0.15) is 117 Å². The summed E-state index contributed by atoms with van der Waals surface area (Å²) in [6.07, 6.45) is 4.11. The van der Waals surface area contributed by atoms with Crippen LogP contribution >= 0.6 is 21.5 Å². The Kier molecular flexibility index (Phi) is 60.8. The van der Waals surface area contributed by atoms with Gasteiger partial charge in [-0.3, -0.25) is 4.57 Å². The predicted molar refractivity (Wildman–Crippen MR) is 368 cm³/mol. The smallest absolute Gasteiger partial charge is 0.500 e. The van der Waals surface area contributed by atoms with E-state index < -0.39 is 152 Å². The van der Waals surface area contributed by atoms with Gasteiger partial charge in [0.1, 0.15) is 9.12 Å². The average Bonchev–Trinajstić information content (AvgIpc) is 3.97. The molecule has 1 radical (unpaired) electrons. The second kappa shape index (κ2) is 52.5. The van der Waals surface area contributed by atoms with Gasteiger partial charge in [0.2, 0.25) is 0 Å². The van der Waals surface area contributed by atoms with Gasteiger partial charge in [-0.2, -0.15) is 0 Å². The standard InChI is InChI=1S/C9H23NO3Si.3C8H23NO3Si4.C5H18O3Si3.2CH4.2ClH.Mn.HOP/c1-4-11-14(12-5-2,13-6-3)9-7-8-10;3*1-6-8-7(2)14-11-16(10-13-6,12-15-8)5-3-4-9;1-3(9-6)5(11-8)4(2)10-7;;;;;;1-2/h4-10H2,1-3H3;3*6-8H,3-5,9,13-15H2,1-2H3;3-8H,9-11H2,1-2H3;2*1H4;2*1H;;2H/p+1. The van der Waals surface area contributed by atoms with E-state index in [0.717, 1.165) is 119 Å². The van der Waals surface area contributed by atoms with E-state index in [1.165, 1.54) is 0 Å². The third kappa shape index (κ3) is 32.8. The molecule has 0 saturated carbocycles. The molecule has 0 aliphatic carbocycles. The van der Waals surface area contributed by atoms with Gasteiger partial charge in [-0.15, -0.1) is 12.4 Å². The second-order valence-corrected chi connectivity index (χ2v) is 58.4. The fourth-order valence-corrected chi connectivity index (χ4v) is 64.2. The molecule has 20 nitrogen and oxygen atoms in total. The fourth-order valence-electron chi connectivity index (χ4n) is 10.2. The second-order valence-electron chi connectivity index (χ2n) is 21.6. The summed E-state index contributed by atoms with van der Waals surface area (Å²) in [4.78, 5) is 27.0. The van der Waals surface area contributed by atoms with Gasteiger partial charge < -0.3 is 100 Å². The largest absolute Gasteiger partial charge is 1.00 e. The molecular weight excluding hydrogens is 1400 g/mol. The van der Waals surface area contributed by atoms with E-state index in [-0.39, 0.29) is 62.3 Å². The number of nitrogens with two attached hydrogens (primary N) is 2. The third-order valence-corrected chi connectivity index (χ3v) is 65.8. The summed E-state index contributed by atoms with van der Waals surface area (Å²) in [5.74, 6) is 0. The number of fused-ring (bicyclic) bond motifs is 9. The molecule has 8 atom stereocenters. The molecule has 40 heteroatoms. The van der Waals surface area contributed by atoms with Crippen LogP contribution in [0.15, 0.2) is 0 Å². The SMILES string of the molecule is C.C.CC([SiH2]O)C([SiH2]O)C(C)[SiH2]O.CC1[SiH2]O[Si]2(CCCN)O[SiH2]C(C)C1[SiH2]O2.CC1[SiH2]O[Si]2(CCC[NH3+])O[SiH2]C(C)C1[SiH2]O2.CC1[SiH2]O[Si]2(CCC[NH3+])O[SiH2]C(C)C1[SiH2]O2.CCO[Si](CCCN)(OCC)OCC.Cl.O=P.[Cl-].[Mn]. The zero-order valence-corrected chi connectivity index (χ0v) is 74.6. The van der Waals surface area contributed by atoms with Crippen molar-refractivity contribution >= 4 is 174 Å². The molecule has 6 heterocycles. The minimum Gasteiger partial charge on any atom is -1.00 e. The van der Waals surface area contributed by atoms with Crippen LogP contribution < -0.4 is 35.3 Å². The van der Waals surface area contributed by atoms with Crippen LogP contribution in [0.2, 0.25) is 90.7 Å². The Morgan fingerprint density at radius 2 is 0.775 bits per heavy atom. The first-order valence-electron chi connectivity index (χ1n) is 28.6. The molecule has 0 aromatic carbocycles. The Labute approximate surface area is 544 Å². The first kappa shape index (κ1) is 92.6. The van der Waals surface area contributed by atoms with E-state index in [1.807, 2.05) is 34.6 Å². The Bertz CT molecular complexity index is 1290. The van der Waals surface area contributed by atoms with Crippen molar-refractivity contribution in [1.29, 1.82) is 0 Å². The van der Waals surface area contributed by atoms with Crippen molar-refractivity contribution in [3.05, 3.63) is 0 Å². The molecule has 6 rings (SSSR count). The molecule has 8 unspecified atom stereocenters. The molecule has 80 heavy (non-hydrogen) atoms. The van der Waals surface area contributed by atoms with Crippen molar-refractivity contribution in [2.45, 2.75) is 207 Å². The summed E-state index contributed by atoms with van der Waals surface area (Å²) in [6, 6.07) is 3.87. The van der Waals surface area contributed by atoms with Crippen LogP contribution in [-0.4, -0.2) is 213 Å². The van der Waals surface area contributed by atoms with E-state index in [0.29, 0.717) is 37.4 Å². The Balaban J connectivity index is -0.000000288. The molecule has 0 aromatic rings. The van der Waals surface area contributed by atoms with Gasteiger partial charge in [-0.25, -0.2) is 0 Å². The Morgan fingerprint density at radius 1 is 0.525 bits per heavy atom. The number of rotatable bonds is 23. The zero-order chi connectivity index (χ0) is 56.5. The molecule has 6 fully saturated rings. The van der Waals surface area contributed by atoms with Crippen LogP contribution in [0.4, 0.5) is 0 Å². The van der Waals surface area contributed by atoms with Crippen molar-refractivity contribution in [2.24, 2.45) is 11.5 Å². The van der Waals surface area contributed by atoms with Crippen molar-refractivity contribution in [3.8, 4) is 0 Å². The van der Waals surface area contributed by atoms with E-state index >= 15 is 0 Å². The van der Waals surface area contributed by atoms with Gasteiger partial charge in [-0.1, -0.05) is 70.2 Å². The van der Waals surface area contributed by atoms with Crippen LogP contribution in [-0.2, 0) is 71.9 Å². The minimum absolute atomic E-state index is 0. The van der Waals surface area contributed by atoms with Gasteiger partial charge in [0.15, 0.2) is 117 Å². The normalized spacial score (nSPS) is 34.4. The molecule has 0 spiro atoms. The molecule has 6 saturated heterocycles. The Morgan fingerprint density at radius 3 is 0.988 bits per heavy atom. The quantitative estimate of drug-likeness (QED) is 0.0370. The first-order chi connectivity index (χ1) is 35.9. The van der Waals surface area contributed by atoms with Gasteiger partial charge in [-0.05, 0) is 113 Å². The molecule has 6 aliphatic heterocycles. The summed E-state index contributed by atoms with van der Waals surface area (Å²) < 4.78 is 80.8. The molecular formula is C40H122Cl2MnN4O16PSi16+. The summed E-state index contributed by atoms with van der Waals surface area (Å²) in [5, 5.41) is 0. The van der Waals surface area contributed by atoms with Gasteiger partial charge in [0.25, 0.3) is 0 Å². The predicted octanol–water partition coefficient (Wildman–Crippen LogP) is -6.24. The average molecular weight is 1520 g/mol. The monoisotopic (exact) mass is 1520 g/mol. The number of quaternary nitrogens is 2. The first-order valence-corrected chi connectivity index (χ1v) is 53.6. The van der Waals surface area contributed by atoms with Gasteiger partial charge >= 0.3 is 35.2 Å². The third-order valence-electron chi connectivity index (χ3n) is 15.5. The van der Waals surface area contributed by atoms with Crippen molar-refractivity contribution in [3.63, 3.8) is 0 Å². The van der Waals surface area contributed by atoms with E-state index in [2.05, 4.69) is 53.0 Å². The van der Waals surface area contributed by atoms with Crippen molar-refractivity contribution < 1.29 is 110 Å². The van der Waals surface area contributed by atoms with E-state index in [9.17, 15) is 0 Å². The maximum absolute atomic E-state index is 9.09. The maximum atomic E-state index is 9.09. The van der Waals surface area contributed by atoms with Gasteiger partial charge in [0, 0.05) is 73.9 Å². The molecule has 13 N–H and O–H groups in total. The molecule has 0 aromatic heterocycles. The maximum Gasteiger partial charge on any atom is 0.500 e. The van der Waals surface area contributed by atoms with Crippen molar-refractivity contribution in [2.75, 3.05) is 46.0 Å². The summed E-state index contributed by atoms with van der Waals surface area (Å²) in [6.45, 7) is 29.4. The van der Waals surface area contributed by atoms with Crippen LogP contribution in [0.5, 0.6) is 0 Å². The topological polar surface area (TPSA) is 296 Å². The zero-order valence-electron chi connectivity index (χ0n) is 49.9. The molecule has 6 bridgehead atoms. The number of halogens is 2. The minimum atomic E-state index is -2.40. The Hall–Kier alpha value is 3.91. The van der Waals surface area contributed by atoms with Crippen LogP contribution in [0.3, 0.4) is 0 Å². The van der Waals surface area contributed by atoms with Crippen molar-refractivity contribution in [1.82, 2.24) is 0 Å². The van der Waals surface area contributed by atoms with E-state index in [4.69, 9.17) is 80.7 Å².